The molecule has 2 N–H and O–H groups in total. The molecule has 0 radical (unpaired) electrons. The second-order valence-corrected chi connectivity index (χ2v) is 5.50. The minimum atomic E-state index is -4.77. The van der Waals surface area contributed by atoms with Crippen molar-refractivity contribution >= 4 is 11.9 Å². The molecule has 0 spiro atoms. The molecular weight excluding hydrogens is 356 g/mol. The molecule has 0 fully saturated rings. The molecule has 1 amide bonds. The van der Waals surface area contributed by atoms with Gasteiger partial charge in [-0.3, -0.25) is 4.79 Å². The normalized spacial score (nSPS) is 14.7. The highest BCUT2D eigenvalue weighted by Gasteiger charge is 2.36. The number of halogens is 6. The number of aliphatic carboxylic acids is 1. The maximum absolute atomic E-state index is 12.5. The van der Waals surface area contributed by atoms with Gasteiger partial charge in [0.05, 0.1) is 12.0 Å². The van der Waals surface area contributed by atoms with E-state index in [-0.39, 0.29) is 6.42 Å². The van der Waals surface area contributed by atoms with E-state index in [0.717, 1.165) is 24.3 Å². The number of carboxylic acid groups (broad SMARTS) is 1. The lowest BCUT2D eigenvalue weighted by atomic mass is 9.96. The lowest BCUT2D eigenvalue weighted by molar-refractivity contribution is -0.160. The maximum Gasteiger partial charge on any atom is 0.416 e. The number of benzene rings is 1. The maximum atomic E-state index is 12.5. The van der Waals surface area contributed by atoms with E-state index in [0.29, 0.717) is 5.56 Å². The zero-order valence-corrected chi connectivity index (χ0v) is 12.9. The Labute approximate surface area is 138 Å². The van der Waals surface area contributed by atoms with Crippen LogP contribution in [0.5, 0.6) is 0 Å². The fourth-order valence-electron chi connectivity index (χ4n) is 2.08. The number of carboxylic acids is 1. The Morgan fingerprint density at radius 1 is 1.08 bits per heavy atom. The van der Waals surface area contributed by atoms with E-state index in [1.54, 1.807) is 5.32 Å². The van der Waals surface area contributed by atoms with Gasteiger partial charge >= 0.3 is 18.3 Å². The summed E-state index contributed by atoms with van der Waals surface area (Å²) in [7, 11) is 0. The van der Waals surface area contributed by atoms with Crippen molar-refractivity contribution in [1.29, 1.82) is 0 Å². The first-order chi connectivity index (χ1) is 11.3. The van der Waals surface area contributed by atoms with Crippen molar-refractivity contribution in [2.45, 2.75) is 44.1 Å². The third kappa shape index (κ3) is 7.02. The summed E-state index contributed by atoms with van der Waals surface area (Å²) in [4.78, 5) is 22.5. The van der Waals surface area contributed by atoms with Crippen LogP contribution in [0.25, 0.3) is 0 Å². The van der Waals surface area contributed by atoms with E-state index >= 15 is 0 Å². The van der Waals surface area contributed by atoms with E-state index in [1.807, 2.05) is 0 Å². The van der Waals surface area contributed by atoms with E-state index in [4.69, 9.17) is 5.11 Å². The second-order valence-electron chi connectivity index (χ2n) is 5.50. The van der Waals surface area contributed by atoms with E-state index in [2.05, 4.69) is 0 Å². The van der Waals surface area contributed by atoms with Crippen LogP contribution in [0.3, 0.4) is 0 Å². The number of alkyl halides is 6. The van der Waals surface area contributed by atoms with Gasteiger partial charge < -0.3 is 10.4 Å². The number of hydrogen-bond acceptors (Lipinski definition) is 2. The van der Waals surface area contributed by atoms with Crippen molar-refractivity contribution in [3.63, 3.8) is 0 Å². The minimum Gasteiger partial charge on any atom is -0.480 e. The highest BCUT2D eigenvalue weighted by molar-refractivity contribution is 5.84. The van der Waals surface area contributed by atoms with Crippen LogP contribution in [0.1, 0.15) is 36.8 Å². The molecule has 2 unspecified atom stereocenters. The van der Waals surface area contributed by atoms with Crippen molar-refractivity contribution in [3.05, 3.63) is 35.4 Å². The van der Waals surface area contributed by atoms with E-state index in [1.165, 1.54) is 6.92 Å². The fourth-order valence-corrected chi connectivity index (χ4v) is 2.08. The van der Waals surface area contributed by atoms with Crippen LogP contribution >= 0.6 is 0 Å². The van der Waals surface area contributed by atoms with Crippen LogP contribution in [-0.4, -0.2) is 29.2 Å². The fraction of sp³-hybridized carbons (Fsp3) is 0.467. The van der Waals surface area contributed by atoms with Gasteiger partial charge in [0.1, 0.15) is 6.04 Å². The van der Waals surface area contributed by atoms with Gasteiger partial charge in [-0.2, -0.15) is 26.3 Å². The van der Waals surface area contributed by atoms with Crippen LogP contribution in [0.4, 0.5) is 26.3 Å². The van der Waals surface area contributed by atoms with E-state index < -0.39 is 48.2 Å². The molecule has 140 valence electrons. The Bertz CT molecular complexity index is 609. The van der Waals surface area contributed by atoms with Crippen LogP contribution < -0.4 is 5.32 Å². The number of carbonyl (C=O) groups excluding carboxylic acids is 1. The summed E-state index contributed by atoms with van der Waals surface area (Å²) in [6.07, 6.45) is -11.4. The molecule has 4 nitrogen and oxygen atoms in total. The van der Waals surface area contributed by atoms with Crippen LogP contribution in [0.2, 0.25) is 0 Å². The van der Waals surface area contributed by atoms with E-state index in [9.17, 15) is 35.9 Å². The molecule has 1 aromatic rings. The number of hydrogen-bond donors (Lipinski definition) is 2. The average molecular weight is 371 g/mol. The molecule has 1 rings (SSSR count). The number of carbonyl (C=O) groups is 2. The predicted molar refractivity (Wildman–Crippen MR) is 74.7 cm³/mol. The van der Waals surface area contributed by atoms with Crippen LogP contribution in [0.15, 0.2) is 24.3 Å². The molecule has 0 saturated heterocycles. The predicted octanol–water partition coefficient (Wildman–Crippen LogP) is 3.72. The molecule has 0 aliphatic heterocycles. The summed E-state index contributed by atoms with van der Waals surface area (Å²) < 4.78 is 74.2. The van der Waals surface area contributed by atoms with Crippen molar-refractivity contribution in [1.82, 2.24) is 5.32 Å². The molecule has 2 atom stereocenters. The second kappa shape index (κ2) is 7.75. The standard InChI is InChI=1S/C15H15F6NO3/c1-8(9-2-4-10(5-3-9)15(19,20)21)6-12(23)22-11(13(24)25)7-14(16,17)18/h2-5,8,11H,6-7H2,1H3,(H,22,23)(H,24,25). The Morgan fingerprint density at radius 2 is 1.60 bits per heavy atom. The third-order valence-corrected chi connectivity index (χ3v) is 3.37. The first-order valence-electron chi connectivity index (χ1n) is 7.05. The molecule has 0 heterocycles. The smallest absolute Gasteiger partial charge is 0.416 e. The monoisotopic (exact) mass is 371 g/mol. The zero-order valence-electron chi connectivity index (χ0n) is 12.9. The molecule has 10 heteroatoms. The van der Waals surface area contributed by atoms with Crippen LogP contribution in [0, 0.1) is 0 Å². The Morgan fingerprint density at radius 3 is 2.00 bits per heavy atom. The summed E-state index contributed by atoms with van der Waals surface area (Å²) in [6.45, 7) is 1.49. The first kappa shape index (κ1) is 20.8. The van der Waals surface area contributed by atoms with Crippen LogP contribution in [-0.2, 0) is 15.8 Å². The molecule has 25 heavy (non-hydrogen) atoms. The number of amides is 1. The zero-order chi connectivity index (χ0) is 19.4. The van der Waals surface area contributed by atoms with Crippen molar-refractivity contribution in [3.8, 4) is 0 Å². The first-order valence-corrected chi connectivity index (χ1v) is 7.05. The van der Waals surface area contributed by atoms with Gasteiger partial charge in [0.15, 0.2) is 0 Å². The highest BCUT2D eigenvalue weighted by atomic mass is 19.4. The lowest BCUT2D eigenvalue weighted by Gasteiger charge is -2.18. The van der Waals surface area contributed by atoms with Crippen molar-refractivity contribution < 1.29 is 41.0 Å². The summed E-state index contributed by atoms with van der Waals surface area (Å²) in [5.41, 5.74) is -0.505. The average Bonchev–Trinajstić information content (AvgIpc) is 2.44. The molecule has 0 aliphatic rings. The third-order valence-electron chi connectivity index (χ3n) is 3.37. The van der Waals surface area contributed by atoms with Crippen molar-refractivity contribution in [2.24, 2.45) is 0 Å². The Kier molecular flexibility index (Phi) is 6.44. The molecule has 0 bridgehead atoms. The topological polar surface area (TPSA) is 66.4 Å². The lowest BCUT2D eigenvalue weighted by Crippen LogP contribution is -2.43. The van der Waals surface area contributed by atoms with Gasteiger partial charge in [0.25, 0.3) is 0 Å². The molecule has 1 aromatic carbocycles. The van der Waals surface area contributed by atoms with Gasteiger partial charge in [-0.05, 0) is 23.6 Å². The summed E-state index contributed by atoms with van der Waals surface area (Å²) in [5.74, 6) is -3.38. The minimum absolute atomic E-state index is 0.367. The molecule has 0 aliphatic carbocycles. The largest absolute Gasteiger partial charge is 0.480 e. The van der Waals surface area contributed by atoms with Gasteiger partial charge in [-0.1, -0.05) is 19.1 Å². The van der Waals surface area contributed by atoms with Gasteiger partial charge in [-0.25, -0.2) is 4.79 Å². The number of rotatable bonds is 6. The SMILES string of the molecule is CC(CC(=O)NC(CC(F)(F)F)C(=O)O)c1ccc(C(F)(F)F)cc1. The molecule has 0 saturated carbocycles. The van der Waals surface area contributed by atoms with Crippen molar-refractivity contribution in [2.75, 3.05) is 0 Å². The quantitative estimate of drug-likeness (QED) is 0.749. The summed E-state index contributed by atoms with van der Waals surface area (Å²) in [6, 6.07) is 1.85. The number of nitrogens with one attached hydrogen (secondary N) is 1. The van der Waals surface area contributed by atoms with Gasteiger partial charge in [0, 0.05) is 6.42 Å². The molecule has 0 aromatic heterocycles. The highest BCUT2D eigenvalue weighted by Crippen LogP contribution is 2.30. The van der Waals surface area contributed by atoms with Gasteiger partial charge in [0.2, 0.25) is 5.91 Å². The van der Waals surface area contributed by atoms with Gasteiger partial charge in [-0.15, -0.1) is 0 Å². The Hall–Kier alpha value is -2.26. The Balaban J connectivity index is 2.70. The summed E-state index contributed by atoms with van der Waals surface area (Å²) >= 11 is 0. The molecular formula is C15H15F6NO3. The summed E-state index contributed by atoms with van der Waals surface area (Å²) in [5, 5.41) is 10.5.